The molecule has 0 aromatic heterocycles. The van der Waals surface area contributed by atoms with Gasteiger partial charge in [-0.1, -0.05) is 43.3 Å². The smallest absolute Gasteiger partial charge is 0.328 e. The van der Waals surface area contributed by atoms with Crippen LogP contribution in [0.4, 0.5) is 5.69 Å². The Kier molecular flexibility index (Phi) is 6.41. The Hall–Kier alpha value is -4.12. The lowest BCUT2D eigenvalue weighted by Crippen LogP contribution is -1.99. The molecular weight excluding hydrogens is 412 g/mol. The van der Waals surface area contributed by atoms with E-state index in [1.165, 1.54) is 17.4 Å². The molecule has 1 aliphatic heterocycles. The van der Waals surface area contributed by atoms with Gasteiger partial charge in [0.2, 0.25) is 0 Å². The van der Waals surface area contributed by atoms with E-state index in [-0.39, 0.29) is 0 Å². The van der Waals surface area contributed by atoms with E-state index in [2.05, 4.69) is 19.1 Å². The number of allylic oxidation sites excluding steroid dienone is 1. The molecule has 5 heteroatoms. The summed E-state index contributed by atoms with van der Waals surface area (Å²) in [5.41, 5.74) is 14.7. The predicted octanol–water partition coefficient (Wildman–Crippen LogP) is 5.67. The van der Waals surface area contributed by atoms with Crippen molar-refractivity contribution in [2.24, 2.45) is 0 Å². The Morgan fingerprint density at radius 3 is 2.48 bits per heavy atom. The van der Waals surface area contributed by atoms with Gasteiger partial charge >= 0.3 is 5.97 Å². The molecule has 0 spiro atoms. The van der Waals surface area contributed by atoms with E-state index in [1.54, 1.807) is 6.08 Å². The summed E-state index contributed by atoms with van der Waals surface area (Å²) >= 11 is 0. The van der Waals surface area contributed by atoms with Gasteiger partial charge < -0.3 is 21.0 Å². The van der Waals surface area contributed by atoms with Crippen LogP contribution < -0.4 is 10.5 Å². The van der Waals surface area contributed by atoms with Crippen LogP contribution in [0.1, 0.15) is 46.7 Å². The number of benzene rings is 3. The molecule has 1 aliphatic rings. The van der Waals surface area contributed by atoms with Crippen LogP contribution in [0.2, 0.25) is 0 Å². The second-order valence-corrected chi connectivity index (χ2v) is 7.91. The van der Waals surface area contributed by atoms with Gasteiger partial charge in [-0.25, -0.2) is 4.79 Å². The molecule has 0 fully saturated rings. The number of nitrogen functional groups attached to an aromatic ring is 1. The molecular formula is C28H26N2O3. The third kappa shape index (κ3) is 4.72. The van der Waals surface area contributed by atoms with Gasteiger partial charge in [0.15, 0.2) is 0 Å². The van der Waals surface area contributed by atoms with E-state index in [9.17, 15) is 4.79 Å². The van der Waals surface area contributed by atoms with Crippen LogP contribution in [-0.4, -0.2) is 23.9 Å². The first-order valence-electron chi connectivity index (χ1n) is 10.9. The van der Waals surface area contributed by atoms with Crippen LogP contribution in [0.5, 0.6) is 5.75 Å². The molecule has 4 rings (SSSR count). The van der Waals surface area contributed by atoms with Crippen molar-refractivity contribution in [3.05, 3.63) is 100 Å². The number of carbonyl (C=O) groups is 1. The first-order chi connectivity index (χ1) is 16.0. The Labute approximate surface area is 193 Å². The highest BCUT2D eigenvalue weighted by Gasteiger charge is 2.17. The van der Waals surface area contributed by atoms with Crippen molar-refractivity contribution in [2.45, 2.75) is 19.8 Å². The number of hydrogen-bond acceptors (Lipinski definition) is 4. The molecule has 0 radical (unpaired) electrons. The maximum atomic E-state index is 10.9. The summed E-state index contributed by atoms with van der Waals surface area (Å²) in [6.45, 7) is 2.85. The number of fused-ring (bicyclic) bond motifs is 1. The van der Waals surface area contributed by atoms with E-state index in [4.69, 9.17) is 21.0 Å². The number of nitrogens with one attached hydrogen (secondary N) is 1. The number of carboxylic acids is 1. The molecule has 0 bridgehead atoms. The maximum Gasteiger partial charge on any atom is 0.328 e. The summed E-state index contributed by atoms with van der Waals surface area (Å²) in [5.74, 6) is -0.0292. The molecule has 166 valence electrons. The average Bonchev–Trinajstić information content (AvgIpc) is 3.30. The van der Waals surface area contributed by atoms with Crippen molar-refractivity contribution in [2.75, 3.05) is 12.3 Å². The predicted molar refractivity (Wildman–Crippen MR) is 134 cm³/mol. The van der Waals surface area contributed by atoms with Crippen LogP contribution in [-0.2, 0) is 11.2 Å². The largest absolute Gasteiger partial charge is 0.493 e. The van der Waals surface area contributed by atoms with Gasteiger partial charge in [0, 0.05) is 30.0 Å². The Morgan fingerprint density at radius 2 is 1.79 bits per heavy atom. The van der Waals surface area contributed by atoms with E-state index in [0.717, 1.165) is 52.5 Å². The van der Waals surface area contributed by atoms with Crippen molar-refractivity contribution < 1.29 is 14.6 Å². The van der Waals surface area contributed by atoms with Crippen molar-refractivity contribution in [1.82, 2.24) is 0 Å². The Bertz CT molecular complexity index is 1270. The first-order valence-corrected chi connectivity index (χ1v) is 10.9. The van der Waals surface area contributed by atoms with Crippen LogP contribution in [0.3, 0.4) is 0 Å². The molecule has 0 saturated heterocycles. The van der Waals surface area contributed by atoms with Gasteiger partial charge in [0.1, 0.15) is 5.75 Å². The molecule has 0 saturated carbocycles. The van der Waals surface area contributed by atoms with Crippen LogP contribution >= 0.6 is 0 Å². The zero-order chi connectivity index (χ0) is 23.4. The Morgan fingerprint density at radius 1 is 1.06 bits per heavy atom. The molecule has 0 aliphatic carbocycles. The summed E-state index contributed by atoms with van der Waals surface area (Å²) in [5, 5.41) is 16.6. The molecule has 4 N–H and O–H groups in total. The third-order valence-electron chi connectivity index (χ3n) is 5.84. The average molecular weight is 439 g/mol. The van der Waals surface area contributed by atoms with Gasteiger partial charge in [0.05, 0.1) is 6.61 Å². The van der Waals surface area contributed by atoms with Crippen molar-refractivity contribution in [3.63, 3.8) is 0 Å². The summed E-state index contributed by atoms with van der Waals surface area (Å²) in [7, 11) is 0. The summed E-state index contributed by atoms with van der Waals surface area (Å²) < 4.78 is 5.69. The highest BCUT2D eigenvalue weighted by atomic mass is 16.5. The third-order valence-corrected chi connectivity index (χ3v) is 5.84. The lowest BCUT2D eigenvalue weighted by Gasteiger charge is -2.18. The molecule has 33 heavy (non-hydrogen) atoms. The van der Waals surface area contributed by atoms with Gasteiger partial charge in [-0.05, 0) is 75.7 Å². The summed E-state index contributed by atoms with van der Waals surface area (Å²) in [6, 6.07) is 19.9. The van der Waals surface area contributed by atoms with Crippen molar-refractivity contribution >= 4 is 35.1 Å². The first kappa shape index (κ1) is 22.1. The second kappa shape index (κ2) is 9.57. The lowest BCUT2D eigenvalue weighted by atomic mass is 9.86. The van der Waals surface area contributed by atoms with Crippen LogP contribution in [0, 0.1) is 5.41 Å². The van der Waals surface area contributed by atoms with Gasteiger partial charge in [-0.2, -0.15) is 0 Å². The van der Waals surface area contributed by atoms with E-state index >= 15 is 0 Å². The number of anilines is 1. The zero-order valence-corrected chi connectivity index (χ0v) is 18.5. The molecule has 3 aromatic carbocycles. The van der Waals surface area contributed by atoms with Gasteiger partial charge in [-0.3, -0.25) is 0 Å². The number of aliphatic carboxylic acids is 1. The molecule has 5 nitrogen and oxygen atoms in total. The number of nitrogens with two attached hydrogens (primary N) is 1. The van der Waals surface area contributed by atoms with E-state index < -0.39 is 5.97 Å². The zero-order valence-electron chi connectivity index (χ0n) is 18.5. The summed E-state index contributed by atoms with van der Waals surface area (Å²) in [6.07, 6.45) is 5.69. The van der Waals surface area contributed by atoms with E-state index in [1.807, 2.05) is 48.5 Å². The fourth-order valence-corrected chi connectivity index (χ4v) is 4.20. The van der Waals surface area contributed by atoms with Crippen molar-refractivity contribution in [3.8, 4) is 5.75 Å². The highest BCUT2D eigenvalue weighted by Crippen LogP contribution is 2.37. The minimum atomic E-state index is -0.977. The number of carboxylic acid groups (broad SMARTS) is 1. The fraction of sp³-hybridized carbons (Fsp3) is 0.143. The minimum Gasteiger partial charge on any atom is -0.493 e. The van der Waals surface area contributed by atoms with Gasteiger partial charge in [0.25, 0.3) is 0 Å². The molecule has 1 heterocycles. The fourth-order valence-electron chi connectivity index (χ4n) is 4.20. The second-order valence-electron chi connectivity index (χ2n) is 7.91. The number of ether oxygens (including phenoxy) is 1. The molecule has 0 unspecified atom stereocenters. The number of rotatable bonds is 7. The van der Waals surface area contributed by atoms with Gasteiger partial charge in [-0.15, -0.1) is 0 Å². The van der Waals surface area contributed by atoms with Crippen molar-refractivity contribution in [1.29, 1.82) is 5.41 Å². The Balaban J connectivity index is 1.90. The molecule has 0 atom stereocenters. The SMILES string of the molecule is CC/C(=C(/c1ccc(/C=C/C(=O)O)cc1)c1ccc(N)c(C=N)c1)c1ccc2c(c1)CCO2. The standard InChI is InChI=1S/C28H26N2O3/c1-2-24(20-9-11-26-21(15-20)13-14-33-26)28(22-8-10-25(30)23(16-22)17-29)19-6-3-18(4-7-19)5-12-27(31)32/h3-12,15-17,29H,2,13-14,30H2,1H3,(H,31,32)/b12-5+,28-24+,29-17?. The monoisotopic (exact) mass is 438 g/mol. The minimum absolute atomic E-state index is 0.565. The topological polar surface area (TPSA) is 96.4 Å². The normalized spacial score (nSPS) is 13.4. The lowest BCUT2D eigenvalue weighted by molar-refractivity contribution is -0.131. The quantitative estimate of drug-likeness (QED) is 0.192. The maximum absolute atomic E-state index is 10.9. The number of hydrogen-bond donors (Lipinski definition) is 3. The van der Waals surface area contributed by atoms with E-state index in [0.29, 0.717) is 17.9 Å². The van der Waals surface area contributed by atoms with Crippen LogP contribution in [0.25, 0.3) is 17.2 Å². The highest BCUT2D eigenvalue weighted by molar-refractivity contribution is 6.00. The molecule has 0 amide bonds. The van der Waals surface area contributed by atoms with Crippen LogP contribution in [0.15, 0.2) is 66.7 Å². The molecule has 3 aromatic rings. The summed E-state index contributed by atoms with van der Waals surface area (Å²) in [4.78, 5) is 10.9.